The largest absolute Gasteiger partial charge is 0.302 e. The number of nitriles is 1. The van der Waals surface area contributed by atoms with Gasteiger partial charge in [-0.05, 0) is 92.1 Å². The Kier molecular flexibility index (Phi) is 5.11. The molecule has 8 heteroatoms. The minimum Gasteiger partial charge on any atom is -0.271 e. The molecule has 0 amide bonds. The van der Waals surface area contributed by atoms with Crippen molar-refractivity contribution in [2.45, 2.75) is 43.6 Å². The van der Waals surface area contributed by atoms with E-state index in [1.165, 1.54) is 6.07 Å². The molecule has 32 heavy (non-hydrogen) atoms. The Morgan fingerprint density at radius 3 is 2.50 bits per heavy atom. The number of fused-ring (bicyclic) bond motifs is 1. The second kappa shape index (κ2) is 7.84. The summed E-state index contributed by atoms with van der Waals surface area (Å²) in [5.41, 5.74) is 2.45. The molecular weight excluding hydrogens is 427 g/mol. The summed E-state index contributed by atoms with van der Waals surface area (Å²) in [4.78, 5) is 4.35. The van der Waals surface area contributed by atoms with Gasteiger partial charge in [0.2, 0.25) is 0 Å². The second-order valence-electron chi connectivity index (χ2n) is 8.68. The van der Waals surface area contributed by atoms with Gasteiger partial charge < -0.3 is 0 Å². The SMILES string of the molecule is N#Cc1ccc(NS(=O)(=O)N2CCC23CCC(c2ccnc4ccc(F)cc24)CC3)cc1. The van der Waals surface area contributed by atoms with Gasteiger partial charge in [-0.2, -0.15) is 18.0 Å². The van der Waals surface area contributed by atoms with Gasteiger partial charge in [0.05, 0.1) is 17.1 Å². The lowest BCUT2D eigenvalue weighted by atomic mass is 9.69. The third-order valence-electron chi connectivity index (χ3n) is 6.95. The molecule has 0 bridgehead atoms. The molecule has 6 nitrogen and oxygen atoms in total. The number of nitrogens with one attached hydrogen (secondary N) is 1. The van der Waals surface area contributed by atoms with Gasteiger partial charge in [-0.25, -0.2) is 4.39 Å². The van der Waals surface area contributed by atoms with Crippen LogP contribution in [0.2, 0.25) is 0 Å². The van der Waals surface area contributed by atoms with Crippen molar-refractivity contribution in [3.05, 3.63) is 71.7 Å². The van der Waals surface area contributed by atoms with E-state index in [0.29, 0.717) is 17.8 Å². The molecule has 2 fully saturated rings. The number of halogens is 1. The van der Waals surface area contributed by atoms with Crippen LogP contribution in [0.1, 0.15) is 49.1 Å². The van der Waals surface area contributed by atoms with Crippen LogP contribution in [0.3, 0.4) is 0 Å². The van der Waals surface area contributed by atoms with Crippen molar-refractivity contribution in [2.24, 2.45) is 0 Å². The van der Waals surface area contributed by atoms with Gasteiger partial charge in [0.1, 0.15) is 5.82 Å². The van der Waals surface area contributed by atoms with Gasteiger partial charge in [-0.15, -0.1) is 0 Å². The standard InChI is InChI=1S/C24H23FN4O2S/c25-19-3-6-23-22(15-19)21(9-13-27-23)18-7-10-24(11-8-18)12-14-29(24)32(30,31)28-20-4-1-17(16-26)2-5-20/h1-6,9,13,15,18,28H,7-8,10-12,14H2. The highest BCUT2D eigenvalue weighted by Gasteiger charge is 2.52. The molecular formula is C24H23FN4O2S. The van der Waals surface area contributed by atoms with Crippen molar-refractivity contribution in [2.75, 3.05) is 11.3 Å². The van der Waals surface area contributed by atoms with Crippen LogP contribution < -0.4 is 4.72 Å². The first-order valence-electron chi connectivity index (χ1n) is 10.8. The van der Waals surface area contributed by atoms with Gasteiger partial charge in [-0.1, -0.05) is 0 Å². The van der Waals surface area contributed by atoms with Crippen molar-refractivity contribution in [3.8, 4) is 6.07 Å². The van der Waals surface area contributed by atoms with Crippen LogP contribution in [-0.2, 0) is 10.2 Å². The van der Waals surface area contributed by atoms with Crippen molar-refractivity contribution in [1.29, 1.82) is 5.26 Å². The highest BCUT2D eigenvalue weighted by molar-refractivity contribution is 7.90. The highest BCUT2D eigenvalue weighted by Crippen LogP contribution is 2.49. The Labute approximate surface area is 186 Å². The molecule has 164 valence electrons. The summed E-state index contributed by atoms with van der Waals surface area (Å²) in [5.74, 6) is -0.0197. The number of benzene rings is 2. The fourth-order valence-electron chi connectivity index (χ4n) is 5.17. The highest BCUT2D eigenvalue weighted by atomic mass is 32.2. The van der Waals surface area contributed by atoms with Gasteiger partial charge >= 0.3 is 10.2 Å². The summed E-state index contributed by atoms with van der Waals surface area (Å²) < 4.78 is 44.2. The van der Waals surface area contributed by atoms with Crippen LogP contribution in [0.4, 0.5) is 10.1 Å². The lowest BCUT2D eigenvalue weighted by Gasteiger charge is -2.54. The molecule has 0 unspecified atom stereocenters. The smallest absolute Gasteiger partial charge is 0.271 e. The molecule has 0 radical (unpaired) electrons. The maximum Gasteiger partial charge on any atom is 0.302 e. The Morgan fingerprint density at radius 2 is 1.84 bits per heavy atom. The summed E-state index contributed by atoms with van der Waals surface area (Å²) >= 11 is 0. The molecule has 2 aliphatic rings. The Morgan fingerprint density at radius 1 is 1.09 bits per heavy atom. The zero-order valence-electron chi connectivity index (χ0n) is 17.5. The normalized spacial score (nSPS) is 23.6. The summed E-state index contributed by atoms with van der Waals surface area (Å²) in [6.07, 6.45) is 5.84. The van der Waals surface area contributed by atoms with E-state index in [1.54, 1.807) is 46.9 Å². The molecule has 1 saturated heterocycles. The van der Waals surface area contributed by atoms with E-state index in [2.05, 4.69) is 9.71 Å². The fraction of sp³-hybridized carbons (Fsp3) is 0.333. The number of aromatic nitrogens is 1. The van der Waals surface area contributed by atoms with Gasteiger partial charge in [0.15, 0.2) is 0 Å². The summed E-state index contributed by atoms with van der Waals surface area (Å²) in [7, 11) is -3.69. The Hall–Kier alpha value is -3.02. The number of rotatable bonds is 4. The first-order valence-corrected chi connectivity index (χ1v) is 12.2. The van der Waals surface area contributed by atoms with Crippen molar-refractivity contribution < 1.29 is 12.8 Å². The predicted molar refractivity (Wildman–Crippen MR) is 121 cm³/mol. The van der Waals surface area contributed by atoms with Crippen LogP contribution in [-0.4, -0.2) is 29.8 Å². The summed E-state index contributed by atoms with van der Waals surface area (Å²) in [5, 5.41) is 9.76. The van der Waals surface area contributed by atoms with E-state index in [4.69, 9.17) is 5.26 Å². The quantitative estimate of drug-likeness (QED) is 0.624. The number of hydrogen-bond acceptors (Lipinski definition) is 4. The summed E-state index contributed by atoms with van der Waals surface area (Å²) in [6, 6.07) is 15.1. The number of hydrogen-bond donors (Lipinski definition) is 1. The van der Waals surface area contributed by atoms with E-state index in [9.17, 15) is 12.8 Å². The van der Waals surface area contributed by atoms with Crippen molar-refractivity contribution >= 4 is 26.8 Å². The molecule has 0 atom stereocenters. The topological polar surface area (TPSA) is 86.1 Å². The van der Waals surface area contributed by atoms with Crippen molar-refractivity contribution in [1.82, 2.24) is 9.29 Å². The zero-order chi connectivity index (χ0) is 22.3. The third-order valence-corrected chi connectivity index (χ3v) is 8.60. The van der Waals surface area contributed by atoms with Crippen LogP contribution >= 0.6 is 0 Å². The fourth-order valence-corrected chi connectivity index (χ4v) is 6.83. The molecule has 1 aromatic heterocycles. The molecule has 2 heterocycles. The van der Waals surface area contributed by atoms with E-state index in [1.807, 2.05) is 12.1 Å². The van der Waals surface area contributed by atoms with E-state index in [0.717, 1.165) is 48.6 Å². The molecule has 5 rings (SSSR count). The lowest BCUT2D eigenvalue weighted by molar-refractivity contribution is 0.0286. The molecule has 1 aliphatic carbocycles. The van der Waals surface area contributed by atoms with Gasteiger partial charge in [0, 0.05) is 29.4 Å². The maximum atomic E-state index is 13.9. The molecule has 1 saturated carbocycles. The van der Waals surface area contributed by atoms with Crippen LogP contribution in [0, 0.1) is 17.1 Å². The Balaban J connectivity index is 1.32. The second-order valence-corrected chi connectivity index (χ2v) is 10.3. The molecule has 2 aromatic carbocycles. The van der Waals surface area contributed by atoms with Gasteiger partial charge in [-0.3, -0.25) is 9.71 Å². The van der Waals surface area contributed by atoms with E-state index >= 15 is 0 Å². The summed E-state index contributed by atoms with van der Waals surface area (Å²) in [6.45, 7) is 0.500. The first kappa shape index (κ1) is 20.9. The van der Waals surface area contributed by atoms with Gasteiger partial charge in [0.25, 0.3) is 0 Å². The molecule has 1 aliphatic heterocycles. The maximum absolute atomic E-state index is 13.9. The molecule has 1 spiro atoms. The Bertz CT molecular complexity index is 1310. The monoisotopic (exact) mass is 450 g/mol. The lowest BCUT2D eigenvalue weighted by Crippen LogP contribution is -2.64. The zero-order valence-corrected chi connectivity index (χ0v) is 18.3. The predicted octanol–water partition coefficient (Wildman–Crippen LogP) is 4.70. The number of pyridine rings is 1. The van der Waals surface area contributed by atoms with Crippen LogP contribution in [0.15, 0.2) is 54.7 Å². The minimum absolute atomic E-state index is 0.254. The molecule has 3 aromatic rings. The average Bonchev–Trinajstić information content (AvgIpc) is 2.78. The number of nitrogens with zero attached hydrogens (tertiary/aromatic N) is 3. The number of anilines is 1. The van der Waals surface area contributed by atoms with E-state index in [-0.39, 0.29) is 17.3 Å². The average molecular weight is 451 g/mol. The van der Waals surface area contributed by atoms with E-state index < -0.39 is 10.2 Å². The van der Waals surface area contributed by atoms with Crippen LogP contribution in [0.25, 0.3) is 10.9 Å². The van der Waals surface area contributed by atoms with Crippen molar-refractivity contribution in [3.63, 3.8) is 0 Å². The third kappa shape index (κ3) is 3.61. The molecule has 1 N–H and O–H groups in total. The first-order chi connectivity index (χ1) is 15.4. The minimum atomic E-state index is -3.69. The van der Waals surface area contributed by atoms with Crippen LogP contribution in [0.5, 0.6) is 0 Å².